The van der Waals surface area contributed by atoms with Crippen molar-refractivity contribution in [2.75, 3.05) is 18.0 Å². The number of carbonyl (C=O) groups is 1. The molecule has 1 aliphatic heterocycles. The van der Waals surface area contributed by atoms with Gasteiger partial charge >= 0.3 is 0 Å². The van der Waals surface area contributed by atoms with Crippen LogP contribution in [0.15, 0.2) is 23.4 Å². The minimum Gasteiger partial charge on any atom is -0.311 e. The maximum Gasteiger partial charge on any atom is 0.227 e. The summed E-state index contributed by atoms with van der Waals surface area (Å²) in [5.41, 5.74) is 9.06. The molecular formula is C10H10IN5O. The van der Waals surface area contributed by atoms with E-state index >= 15 is 0 Å². The maximum atomic E-state index is 11.8. The van der Waals surface area contributed by atoms with E-state index in [2.05, 4.69) is 37.6 Å². The highest BCUT2D eigenvalue weighted by Crippen LogP contribution is 2.24. The molecule has 0 aromatic carbocycles. The van der Waals surface area contributed by atoms with Gasteiger partial charge in [-0.05, 0) is 46.2 Å². The molecule has 1 aromatic heterocycles. The minimum absolute atomic E-state index is 0.0612. The van der Waals surface area contributed by atoms with E-state index in [4.69, 9.17) is 5.53 Å². The van der Waals surface area contributed by atoms with Gasteiger partial charge in [-0.2, -0.15) is 0 Å². The van der Waals surface area contributed by atoms with Crippen LogP contribution in [0, 0.1) is 9.62 Å². The van der Waals surface area contributed by atoms with E-state index in [0.717, 1.165) is 9.39 Å². The van der Waals surface area contributed by atoms with Gasteiger partial charge < -0.3 is 4.90 Å². The summed E-state index contributed by atoms with van der Waals surface area (Å²) in [6.07, 6.45) is 2.13. The normalized spacial score (nSPS) is 19.2. The largest absolute Gasteiger partial charge is 0.311 e. The van der Waals surface area contributed by atoms with Gasteiger partial charge in [-0.25, -0.2) is 4.98 Å². The van der Waals surface area contributed by atoms with Gasteiger partial charge in [0.05, 0.1) is 11.9 Å². The minimum atomic E-state index is 0.0612. The zero-order valence-corrected chi connectivity index (χ0v) is 11.1. The average molecular weight is 343 g/mol. The van der Waals surface area contributed by atoms with Crippen molar-refractivity contribution in [2.45, 2.75) is 6.42 Å². The van der Waals surface area contributed by atoms with Crippen LogP contribution in [-0.2, 0) is 4.79 Å². The Hall–Kier alpha value is -1.34. The number of hydrogen-bond donors (Lipinski definition) is 0. The van der Waals surface area contributed by atoms with Gasteiger partial charge in [-0.15, -0.1) is 0 Å². The second-order valence-electron chi connectivity index (χ2n) is 3.83. The van der Waals surface area contributed by atoms with Crippen molar-refractivity contribution in [3.05, 3.63) is 32.5 Å². The predicted molar refractivity (Wildman–Crippen MR) is 71.4 cm³/mol. The summed E-state index contributed by atoms with van der Waals surface area (Å²) >= 11 is 2.12. The van der Waals surface area contributed by atoms with Crippen LogP contribution in [0.5, 0.6) is 0 Å². The molecular weight excluding hydrogens is 333 g/mol. The fourth-order valence-electron chi connectivity index (χ4n) is 1.83. The number of amides is 1. The molecule has 1 fully saturated rings. The quantitative estimate of drug-likeness (QED) is 0.278. The van der Waals surface area contributed by atoms with Crippen molar-refractivity contribution < 1.29 is 4.79 Å². The first-order chi connectivity index (χ1) is 8.20. The second-order valence-corrected chi connectivity index (χ2v) is 4.93. The van der Waals surface area contributed by atoms with Crippen LogP contribution in [0.2, 0.25) is 0 Å². The fourth-order valence-corrected chi connectivity index (χ4v) is 2.15. The highest BCUT2D eigenvalue weighted by molar-refractivity contribution is 14.1. The molecule has 0 aliphatic carbocycles. The summed E-state index contributed by atoms with van der Waals surface area (Å²) < 4.78 is 0.892. The van der Waals surface area contributed by atoms with E-state index < -0.39 is 0 Å². The van der Waals surface area contributed by atoms with Crippen molar-refractivity contribution in [1.29, 1.82) is 0 Å². The first-order valence-corrected chi connectivity index (χ1v) is 6.21. The molecule has 17 heavy (non-hydrogen) atoms. The Morgan fingerprint density at radius 2 is 2.47 bits per heavy atom. The number of aromatic nitrogens is 1. The van der Waals surface area contributed by atoms with Gasteiger partial charge in [-0.3, -0.25) is 4.79 Å². The first kappa shape index (κ1) is 12.1. The lowest BCUT2D eigenvalue weighted by Gasteiger charge is -2.15. The summed E-state index contributed by atoms with van der Waals surface area (Å²) in [6, 6.07) is 3.74. The molecule has 1 saturated heterocycles. The molecule has 1 aromatic rings. The van der Waals surface area contributed by atoms with Gasteiger partial charge in [0.15, 0.2) is 0 Å². The third kappa shape index (κ3) is 2.86. The topological polar surface area (TPSA) is 82.0 Å². The molecule has 1 atom stereocenters. The Balaban J connectivity index is 2.10. The number of pyridine rings is 1. The SMILES string of the molecule is [N-]=[N+]=NCC1CC(=O)N(c2ccc(I)nc2)C1. The lowest BCUT2D eigenvalue weighted by Crippen LogP contribution is -2.24. The van der Waals surface area contributed by atoms with Gasteiger partial charge in [0.1, 0.15) is 3.70 Å². The number of nitrogens with zero attached hydrogens (tertiary/aromatic N) is 5. The van der Waals surface area contributed by atoms with Gasteiger partial charge in [-0.1, -0.05) is 5.11 Å². The molecule has 2 rings (SSSR count). The summed E-state index contributed by atoms with van der Waals surface area (Å²) in [4.78, 5) is 20.4. The Kier molecular flexibility index (Phi) is 3.80. The van der Waals surface area contributed by atoms with Crippen LogP contribution in [0.25, 0.3) is 10.4 Å². The van der Waals surface area contributed by atoms with E-state index in [1.807, 2.05) is 12.1 Å². The zero-order chi connectivity index (χ0) is 12.3. The molecule has 0 spiro atoms. The van der Waals surface area contributed by atoms with Crippen LogP contribution in [0.4, 0.5) is 5.69 Å². The lowest BCUT2D eigenvalue weighted by atomic mass is 10.1. The molecule has 7 heteroatoms. The summed E-state index contributed by atoms with van der Waals surface area (Å²) in [5, 5.41) is 3.52. The molecule has 88 valence electrons. The second kappa shape index (κ2) is 5.33. The van der Waals surface area contributed by atoms with Crippen molar-refractivity contribution in [3.63, 3.8) is 0 Å². The Morgan fingerprint density at radius 1 is 1.65 bits per heavy atom. The Morgan fingerprint density at radius 3 is 3.12 bits per heavy atom. The standard InChI is InChI=1S/C10H10IN5O/c11-9-2-1-8(5-13-9)16-6-7(3-10(16)17)4-14-15-12/h1-2,5,7H,3-4,6H2. The van der Waals surface area contributed by atoms with Gasteiger partial charge in [0, 0.05) is 24.4 Å². The zero-order valence-electron chi connectivity index (χ0n) is 8.95. The highest BCUT2D eigenvalue weighted by Gasteiger charge is 2.30. The Labute approximate surface area is 112 Å². The monoisotopic (exact) mass is 343 g/mol. The maximum absolute atomic E-state index is 11.8. The molecule has 0 N–H and O–H groups in total. The average Bonchev–Trinajstić information content (AvgIpc) is 2.69. The number of anilines is 1. The molecule has 0 radical (unpaired) electrons. The van der Waals surface area contributed by atoms with Gasteiger partial charge in [0.2, 0.25) is 5.91 Å². The van der Waals surface area contributed by atoms with Crippen molar-refractivity contribution >= 4 is 34.2 Å². The first-order valence-electron chi connectivity index (χ1n) is 5.13. The molecule has 0 saturated carbocycles. The van der Waals surface area contributed by atoms with Crippen LogP contribution in [-0.4, -0.2) is 24.0 Å². The summed E-state index contributed by atoms with van der Waals surface area (Å²) in [6.45, 7) is 0.969. The van der Waals surface area contributed by atoms with Crippen LogP contribution >= 0.6 is 22.6 Å². The molecule has 1 amide bonds. The van der Waals surface area contributed by atoms with Crippen molar-refractivity contribution in [3.8, 4) is 0 Å². The van der Waals surface area contributed by atoms with E-state index in [0.29, 0.717) is 19.5 Å². The summed E-state index contributed by atoms with van der Waals surface area (Å²) in [7, 11) is 0. The predicted octanol–water partition coefficient (Wildman–Crippen LogP) is 2.35. The number of hydrogen-bond acceptors (Lipinski definition) is 3. The van der Waals surface area contributed by atoms with Crippen LogP contribution < -0.4 is 4.90 Å². The van der Waals surface area contributed by atoms with Crippen LogP contribution in [0.1, 0.15) is 6.42 Å². The number of azide groups is 1. The third-order valence-electron chi connectivity index (χ3n) is 2.63. The third-order valence-corrected chi connectivity index (χ3v) is 3.27. The number of carbonyl (C=O) groups excluding carboxylic acids is 1. The van der Waals surface area contributed by atoms with Gasteiger partial charge in [0.25, 0.3) is 0 Å². The molecule has 1 unspecified atom stereocenters. The highest BCUT2D eigenvalue weighted by atomic mass is 127. The van der Waals surface area contributed by atoms with E-state index in [-0.39, 0.29) is 11.8 Å². The Bertz CT molecular complexity index is 468. The molecule has 2 heterocycles. The lowest BCUT2D eigenvalue weighted by molar-refractivity contribution is -0.117. The van der Waals surface area contributed by atoms with Crippen molar-refractivity contribution in [1.82, 2.24) is 4.98 Å². The number of rotatable bonds is 3. The van der Waals surface area contributed by atoms with E-state index in [1.54, 1.807) is 11.1 Å². The summed E-state index contributed by atoms with van der Waals surface area (Å²) in [5.74, 6) is 0.170. The van der Waals surface area contributed by atoms with Crippen LogP contribution in [0.3, 0.4) is 0 Å². The smallest absolute Gasteiger partial charge is 0.227 e. The molecule has 1 aliphatic rings. The molecule has 6 nitrogen and oxygen atoms in total. The molecule has 0 bridgehead atoms. The fraction of sp³-hybridized carbons (Fsp3) is 0.400. The van der Waals surface area contributed by atoms with E-state index in [9.17, 15) is 4.79 Å². The number of halogens is 1. The van der Waals surface area contributed by atoms with E-state index in [1.165, 1.54) is 0 Å². The van der Waals surface area contributed by atoms with Crippen molar-refractivity contribution in [2.24, 2.45) is 11.0 Å².